The molecule has 0 aliphatic carbocycles. The molecule has 1 aliphatic heterocycles. The van der Waals surface area contributed by atoms with E-state index in [4.69, 9.17) is 11.6 Å². The van der Waals surface area contributed by atoms with Crippen molar-refractivity contribution in [3.05, 3.63) is 40.7 Å². The summed E-state index contributed by atoms with van der Waals surface area (Å²) in [5.41, 5.74) is 4.82. The third-order valence-corrected chi connectivity index (χ3v) is 5.80. The highest BCUT2D eigenvalue weighted by molar-refractivity contribution is 6.36. The van der Waals surface area contributed by atoms with Gasteiger partial charge in [0.15, 0.2) is 17.3 Å². The van der Waals surface area contributed by atoms with E-state index in [0.29, 0.717) is 28.7 Å². The fraction of sp³-hybridized carbons (Fsp3) is 0.381. The first-order chi connectivity index (χ1) is 14.4. The summed E-state index contributed by atoms with van der Waals surface area (Å²) in [6.07, 6.45) is 1.91. The number of imidazole rings is 1. The van der Waals surface area contributed by atoms with Crippen LogP contribution in [0.2, 0.25) is 5.02 Å². The van der Waals surface area contributed by atoms with Crippen LogP contribution in [0.25, 0.3) is 16.6 Å². The highest BCUT2D eigenvalue weighted by Crippen LogP contribution is 2.35. The van der Waals surface area contributed by atoms with Crippen LogP contribution in [0.15, 0.2) is 24.4 Å². The first-order valence-corrected chi connectivity index (χ1v) is 10.5. The molecule has 8 nitrogen and oxygen atoms in total. The van der Waals surface area contributed by atoms with E-state index >= 15 is 0 Å². The highest BCUT2D eigenvalue weighted by Gasteiger charge is 2.23. The zero-order valence-electron chi connectivity index (χ0n) is 17.5. The number of hydrogen-bond acceptors (Lipinski definition) is 6. The molecule has 1 fully saturated rings. The molecule has 0 unspecified atom stereocenters. The molecule has 3 N–H and O–H groups in total. The molecule has 0 spiro atoms. The summed E-state index contributed by atoms with van der Waals surface area (Å²) in [4.78, 5) is 6.87. The molecule has 2 atom stereocenters. The molecular formula is C21H25ClN8. The molecular weight excluding hydrogens is 400 g/mol. The lowest BCUT2D eigenvalue weighted by molar-refractivity contribution is 0.407. The van der Waals surface area contributed by atoms with Crippen molar-refractivity contribution in [1.82, 2.24) is 30.1 Å². The molecule has 0 radical (unpaired) electrons. The second-order valence-corrected chi connectivity index (χ2v) is 8.69. The Bertz CT molecular complexity index is 1230. The van der Waals surface area contributed by atoms with E-state index in [0.717, 1.165) is 46.6 Å². The number of anilines is 3. The minimum absolute atomic E-state index is 0.429. The number of aryl methyl sites for hydroxylation is 2. The van der Waals surface area contributed by atoms with Crippen molar-refractivity contribution >= 4 is 45.5 Å². The number of H-pyrrole nitrogens is 1. The Hall–Kier alpha value is -2.84. The van der Waals surface area contributed by atoms with E-state index < -0.39 is 0 Å². The molecule has 0 saturated carbocycles. The number of nitrogens with zero attached hydrogens (tertiary/aromatic N) is 5. The Balaban J connectivity index is 1.49. The molecule has 9 heteroatoms. The number of fused-ring (bicyclic) bond motifs is 2. The summed E-state index contributed by atoms with van der Waals surface area (Å²) in [7, 11) is 0. The molecule has 156 valence electrons. The van der Waals surface area contributed by atoms with Gasteiger partial charge < -0.3 is 15.5 Å². The Labute approximate surface area is 179 Å². The summed E-state index contributed by atoms with van der Waals surface area (Å²) in [6.45, 7) is 10.3. The van der Waals surface area contributed by atoms with Crippen LogP contribution >= 0.6 is 11.6 Å². The van der Waals surface area contributed by atoms with Crippen LogP contribution in [0.4, 0.5) is 17.3 Å². The monoisotopic (exact) mass is 424 g/mol. The molecule has 4 aromatic rings. The molecule has 1 aromatic carbocycles. The first kappa shape index (κ1) is 19.1. The standard InChI is InChI=1S/C21H25ClN8/c1-11-5-18(28-30-10-14(4)24-21(11)30)25-20-19-16(22)6-15(7-17(19)26-27-20)29-8-12(2)23-13(3)9-29/h5-7,10,12-13,23H,8-9H2,1-4H3,(H2,25,26,27,28)/t12-,13+. The number of nitrogens with one attached hydrogen (secondary N) is 3. The lowest BCUT2D eigenvalue weighted by atomic mass is 10.1. The van der Waals surface area contributed by atoms with Crippen LogP contribution in [-0.2, 0) is 0 Å². The number of halogens is 1. The van der Waals surface area contributed by atoms with Crippen molar-refractivity contribution in [2.75, 3.05) is 23.3 Å². The van der Waals surface area contributed by atoms with Gasteiger partial charge in [-0.25, -0.2) is 9.50 Å². The van der Waals surface area contributed by atoms with Gasteiger partial charge in [0.05, 0.1) is 27.8 Å². The molecule has 0 amide bonds. The zero-order chi connectivity index (χ0) is 21.0. The first-order valence-electron chi connectivity index (χ1n) is 10.2. The number of aromatic amines is 1. The van der Waals surface area contributed by atoms with Crippen molar-refractivity contribution in [3.63, 3.8) is 0 Å². The number of benzene rings is 1. The van der Waals surface area contributed by atoms with Crippen molar-refractivity contribution in [2.45, 2.75) is 39.8 Å². The SMILES string of the molecule is Cc1cn2nc(Nc3n[nH]c4cc(N5C[C@@H](C)N[C@@H](C)C5)cc(Cl)c34)cc(C)c2n1. The normalized spacial score (nSPS) is 19.7. The predicted molar refractivity (Wildman–Crippen MR) is 121 cm³/mol. The molecule has 4 heterocycles. The number of aromatic nitrogens is 5. The van der Waals surface area contributed by atoms with Gasteiger partial charge in [-0.2, -0.15) is 5.10 Å². The van der Waals surface area contributed by atoms with Gasteiger partial charge in [0, 0.05) is 30.9 Å². The minimum Gasteiger partial charge on any atom is -0.368 e. The lowest BCUT2D eigenvalue weighted by Gasteiger charge is -2.37. The van der Waals surface area contributed by atoms with Crippen LogP contribution in [0.5, 0.6) is 0 Å². The van der Waals surface area contributed by atoms with E-state index in [2.05, 4.69) is 55.7 Å². The van der Waals surface area contributed by atoms with Crippen LogP contribution < -0.4 is 15.5 Å². The van der Waals surface area contributed by atoms with Gasteiger partial charge in [0.1, 0.15) is 0 Å². The van der Waals surface area contributed by atoms with Gasteiger partial charge in [0.25, 0.3) is 0 Å². The van der Waals surface area contributed by atoms with Gasteiger partial charge in [0.2, 0.25) is 0 Å². The Morgan fingerprint density at radius 3 is 2.67 bits per heavy atom. The summed E-state index contributed by atoms with van der Waals surface area (Å²) >= 11 is 6.72. The molecule has 3 aromatic heterocycles. The average Bonchev–Trinajstić information content (AvgIpc) is 3.24. The second-order valence-electron chi connectivity index (χ2n) is 8.28. The summed E-state index contributed by atoms with van der Waals surface area (Å²) in [5, 5.41) is 20.6. The summed E-state index contributed by atoms with van der Waals surface area (Å²) in [5.74, 6) is 1.35. The van der Waals surface area contributed by atoms with Gasteiger partial charge in [-0.15, -0.1) is 5.10 Å². The van der Waals surface area contributed by atoms with E-state index in [1.54, 1.807) is 4.52 Å². The fourth-order valence-corrected chi connectivity index (χ4v) is 4.63. The number of rotatable bonds is 3. The molecule has 30 heavy (non-hydrogen) atoms. The van der Waals surface area contributed by atoms with Crippen LogP contribution in [0, 0.1) is 13.8 Å². The minimum atomic E-state index is 0.429. The molecule has 1 aliphatic rings. The Kier molecular flexibility index (Phi) is 4.56. The van der Waals surface area contributed by atoms with Gasteiger partial charge in [-0.05, 0) is 51.5 Å². The second kappa shape index (κ2) is 7.14. The van der Waals surface area contributed by atoms with Gasteiger partial charge in [-0.1, -0.05) is 11.6 Å². The molecule has 0 bridgehead atoms. The topological polar surface area (TPSA) is 86.2 Å². The van der Waals surface area contributed by atoms with Crippen LogP contribution in [0.1, 0.15) is 25.1 Å². The van der Waals surface area contributed by atoms with E-state index in [-0.39, 0.29) is 0 Å². The fourth-order valence-electron chi connectivity index (χ4n) is 4.33. The van der Waals surface area contributed by atoms with Gasteiger partial charge >= 0.3 is 0 Å². The maximum Gasteiger partial charge on any atom is 0.162 e. The number of piperazine rings is 1. The van der Waals surface area contributed by atoms with Crippen molar-refractivity contribution in [2.24, 2.45) is 0 Å². The van der Waals surface area contributed by atoms with Crippen molar-refractivity contribution in [1.29, 1.82) is 0 Å². The molecule has 5 rings (SSSR count). The summed E-state index contributed by atoms with van der Waals surface area (Å²) < 4.78 is 1.79. The van der Waals surface area contributed by atoms with Crippen molar-refractivity contribution in [3.8, 4) is 0 Å². The largest absolute Gasteiger partial charge is 0.368 e. The van der Waals surface area contributed by atoms with Crippen LogP contribution in [0.3, 0.4) is 0 Å². The average molecular weight is 425 g/mol. The van der Waals surface area contributed by atoms with E-state index in [1.165, 1.54) is 0 Å². The predicted octanol–water partition coefficient (Wildman–Crippen LogP) is 3.81. The van der Waals surface area contributed by atoms with E-state index in [1.807, 2.05) is 32.2 Å². The third-order valence-electron chi connectivity index (χ3n) is 5.50. The highest BCUT2D eigenvalue weighted by atomic mass is 35.5. The smallest absolute Gasteiger partial charge is 0.162 e. The number of hydrogen-bond donors (Lipinski definition) is 3. The Morgan fingerprint density at radius 2 is 1.90 bits per heavy atom. The lowest BCUT2D eigenvalue weighted by Crippen LogP contribution is -2.54. The maximum atomic E-state index is 6.72. The molecule has 1 saturated heterocycles. The zero-order valence-corrected chi connectivity index (χ0v) is 18.2. The quantitative estimate of drug-likeness (QED) is 0.463. The van der Waals surface area contributed by atoms with Crippen molar-refractivity contribution < 1.29 is 0 Å². The Morgan fingerprint density at radius 1 is 1.13 bits per heavy atom. The summed E-state index contributed by atoms with van der Waals surface area (Å²) in [6, 6.07) is 6.96. The van der Waals surface area contributed by atoms with Crippen LogP contribution in [-0.4, -0.2) is 50.0 Å². The third kappa shape index (κ3) is 3.36. The van der Waals surface area contributed by atoms with Gasteiger partial charge in [-0.3, -0.25) is 5.10 Å². The maximum absolute atomic E-state index is 6.72. The van der Waals surface area contributed by atoms with E-state index in [9.17, 15) is 0 Å².